The molecule has 0 spiro atoms. The number of hydrogen-bond donors (Lipinski definition) is 1. The molecule has 0 unspecified atom stereocenters. The molecule has 1 fully saturated rings. The smallest absolute Gasteiger partial charge is 0.409 e. The summed E-state index contributed by atoms with van der Waals surface area (Å²) in [6.07, 6.45) is -0.228. The second-order valence-electron chi connectivity index (χ2n) is 7.35. The zero-order valence-electron chi connectivity index (χ0n) is 17.9. The number of guanidine groups is 1. The average Bonchev–Trinajstić information content (AvgIpc) is 2.70. The molecule has 1 aliphatic rings. The Morgan fingerprint density at radius 3 is 2.36 bits per heavy atom. The van der Waals surface area contributed by atoms with E-state index in [-0.39, 0.29) is 6.09 Å². The van der Waals surface area contributed by atoms with Crippen LogP contribution < -0.4 is 5.32 Å². The van der Waals surface area contributed by atoms with Crippen LogP contribution in [0.25, 0.3) is 0 Å². The number of ether oxygens (including phenoxy) is 1. The van der Waals surface area contributed by atoms with Gasteiger partial charge in [-0.3, -0.25) is 9.89 Å². The fraction of sp³-hybridized carbons (Fsp3) is 0.619. The lowest BCUT2D eigenvalue weighted by Crippen LogP contribution is -2.53. The van der Waals surface area contributed by atoms with E-state index in [0.29, 0.717) is 25.7 Å². The van der Waals surface area contributed by atoms with Crippen LogP contribution in [0.1, 0.15) is 31.9 Å². The molecule has 28 heavy (non-hydrogen) atoms. The first-order chi connectivity index (χ1) is 13.5. The molecule has 1 N–H and O–H groups in total. The Morgan fingerprint density at radius 1 is 1.18 bits per heavy atom. The van der Waals surface area contributed by atoms with Crippen LogP contribution in [0.15, 0.2) is 29.3 Å². The van der Waals surface area contributed by atoms with Gasteiger partial charge >= 0.3 is 6.09 Å². The van der Waals surface area contributed by atoms with Crippen molar-refractivity contribution in [1.82, 2.24) is 20.0 Å². The van der Waals surface area contributed by atoms with Crippen LogP contribution in [0.3, 0.4) is 0 Å². The van der Waals surface area contributed by atoms with E-state index in [1.165, 1.54) is 11.1 Å². The summed E-state index contributed by atoms with van der Waals surface area (Å²) in [5, 5.41) is 3.49. The summed E-state index contributed by atoms with van der Waals surface area (Å²) < 4.78 is 5.09. The van der Waals surface area contributed by atoms with Crippen molar-refractivity contribution in [3.05, 3.63) is 35.4 Å². The fourth-order valence-corrected chi connectivity index (χ4v) is 3.16. The van der Waals surface area contributed by atoms with Gasteiger partial charge in [-0.2, -0.15) is 0 Å². The summed E-state index contributed by atoms with van der Waals surface area (Å²) >= 11 is 0. The largest absolute Gasteiger partial charge is 0.450 e. The minimum absolute atomic E-state index is 0.228. The minimum atomic E-state index is -0.228. The van der Waals surface area contributed by atoms with Gasteiger partial charge in [0, 0.05) is 52.4 Å². The lowest BCUT2D eigenvalue weighted by atomic mass is 10.1. The molecular formula is C21H35N5O2. The molecule has 0 bridgehead atoms. The van der Waals surface area contributed by atoms with Gasteiger partial charge in [-0.15, -0.1) is 0 Å². The highest BCUT2D eigenvalue weighted by Crippen LogP contribution is 2.13. The Labute approximate surface area is 169 Å². The molecule has 1 aromatic rings. The third-order valence-electron chi connectivity index (χ3n) is 5.17. The average molecular weight is 390 g/mol. The molecule has 0 saturated carbocycles. The fourth-order valence-electron chi connectivity index (χ4n) is 3.16. The highest BCUT2D eigenvalue weighted by Gasteiger charge is 2.23. The molecule has 156 valence electrons. The summed E-state index contributed by atoms with van der Waals surface area (Å²) in [5.74, 6) is 0.871. The van der Waals surface area contributed by atoms with Gasteiger partial charge in [-0.1, -0.05) is 24.3 Å². The van der Waals surface area contributed by atoms with Gasteiger partial charge in [0.15, 0.2) is 5.96 Å². The van der Waals surface area contributed by atoms with E-state index in [2.05, 4.69) is 65.3 Å². The third kappa shape index (κ3) is 6.12. The molecule has 1 aromatic carbocycles. The summed E-state index contributed by atoms with van der Waals surface area (Å²) in [5.41, 5.74) is 2.61. The van der Waals surface area contributed by atoms with Crippen molar-refractivity contribution >= 4 is 12.1 Å². The number of carbonyl (C=O) groups is 1. The SMILES string of the molecule is CCOC(=O)N1CCN(C(=NC)NCc2ccccc2CN(C)C(C)C)CC1. The maximum Gasteiger partial charge on any atom is 0.409 e. The number of amides is 1. The highest BCUT2D eigenvalue weighted by molar-refractivity contribution is 5.80. The molecule has 1 heterocycles. The van der Waals surface area contributed by atoms with Gasteiger partial charge < -0.3 is 19.9 Å². The standard InChI is InChI=1S/C21H35N5O2/c1-6-28-21(27)26-13-11-25(12-14-26)20(22-4)23-15-18-9-7-8-10-19(18)16-24(5)17(2)3/h7-10,17H,6,11-16H2,1-5H3,(H,22,23). The Hall–Kier alpha value is -2.28. The molecule has 0 radical (unpaired) electrons. The Morgan fingerprint density at radius 2 is 1.79 bits per heavy atom. The molecule has 7 heteroatoms. The lowest BCUT2D eigenvalue weighted by Gasteiger charge is -2.36. The third-order valence-corrected chi connectivity index (χ3v) is 5.17. The van der Waals surface area contributed by atoms with Crippen LogP contribution in [0.2, 0.25) is 0 Å². The van der Waals surface area contributed by atoms with Crippen molar-refractivity contribution in [2.24, 2.45) is 4.99 Å². The minimum Gasteiger partial charge on any atom is -0.450 e. The van der Waals surface area contributed by atoms with Crippen LogP contribution >= 0.6 is 0 Å². The quantitative estimate of drug-likeness (QED) is 0.598. The van der Waals surface area contributed by atoms with Gasteiger partial charge in [0.05, 0.1) is 6.61 Å². The Bertz CT molecular complexity index is 654. The van der Waals surface area contributed by atoms with Crippen LogP contribution in [0.4, 0.5) is 4.79 Å². The topological polar surface area (TPSA) is 60.4 Å². The van der Waals surface area contributed by atoms with Crippen molar-refractivity contribution in [3.8, 4) is 0 Å². The maximum absolute atomic E-state index is 11.9. The van der Waals surface area contributed by atoms with E-state index in [0.717, 1.165) is 32.1 Å². The van der Waals surface area contributed by atoms with Crippen LogP contribution in [-0.4, -0.2) is 79.7 Å². The summed E-state index contributed by atoms with van der Waals surface area (Å²) in [6.45, 7) is 11.1. The lowest BCUT2D eigenvalue weighted by molar-refractivity contribution is 0.0914. The summed E-state index contributed by atoms with van der Waals surface area (Å²) in [4.78, 5) is 22.6. The zero-order valence-corrected chi connectivity index (χ0v) is 17.9. The predicted molar refractivity (Wildman–Crippen MR) is 113 cm³/mol. The van der Waals surface area contributed by atoms with Crippen LogP contribution in [0.5, 0.6) is 0 Å². The van der Waals surface area contributed by atoms with Gasteiger partial charge in [0.1, 0.15) is 0 Å². The van der Waals surface area contributed by atoms with Gasteiger partial charge in [0.2, 0.25) is 0 Å². The Kier molecular flexibility index (Phi) is 8.57. The normalized spacial score (nSPS) is 15.3. The molecular weight excluding hydrogens is 354 g/mol. The van der Waals surface area contributed by atoms with Crippen molar-refractivity contribution in [2.45, 2.75) is 39.9 Å². The number of carbonyl (C=O) groups excluding carboxylic acids is 1. The first-order valence-electron chi connectivity index (χ1n) is 10.1. The van der Waals surface area contributed by atoms with E-state index in [1.54, 1.807) is 11.9 Å². The molecule has 1 saturated heterocycles. The van der Waals surface area contributed by atoms with Crippen molar-refractivity contribution in [2.75, 3.05) is 46.9 Å². The van der Waals surface area contributed by atoms with E-state index in [4.69, 9.17) is 4.74 Å². The molecule has 0 aromatic heterocycles. The van der Waals surface area contributed by atoms with E-state index >= 15 is 0 Å². The maximum atomic E-state index is 11.9. The molecule has 1 amide bonds. The number of hydrogen-bond acceptors (Lipinski definition) is 4. The highest BCUT2D eigenvalue weighted by atomic mass is 16.6. The second-order valence-corrected chi connectivity index (χ2v) is 7.35. The van der Waals surface area contributed by atoms with Crippen molar-refractivity contribution < 1.29 is 9.53 Å². The van der Waals surface area contributed by atoms with Gasteiger partial charge in [-0.25, -0.2) is 4.79 Å². The summed E-state index contributed by atoms with van der Waals surface area (Å²) in [7, 11) is 3.95. The van der Waals surface area contributed by atoms with Crippen molar-refractivity contribution in [3.63, 3.8) is 0 Å². The number of aliphatic imine (C=N–C) groups is 1. The van der Waals surface area contributed by atoms with E-state index in [9.17, 15) is 4.79 Å². The number of nitrogens with one attached hydrogen (secondary N) is 1. The first kappa shape index (κ1) is 22.0. The number of piperazine rings is 1. The second kappa shape index (κ2) is 10.9. The molecule has 1 aliphatic heterocycles. The van der Waals surface area contributed by atoms with Crippen LogP contribution in [0, 0.1) is 0 Å². The number of nitrogens with zero attached hydrogens (tertiary/aromatic N) is 4. The monoisotopic (exact) mass is 389 g/mol. The number of benzene rings is 1. The summed E-state index contributed by atoms with van der Waals surface area (Å²) in [6, 6.07) is 9.04. The first-order valence-corrected chi connectivity index (χ1v) is 10.1. The Balaban J connectivity index is 1.92. The molecule has 0 atom stereocenters. The molecule has 7 nitrogen and oxygen atoms in total. The van der Waals surface area contributed by atoms with Gasteiger partial charge in [-0.05, 0) is 38.9 Å². The molecule has 2 rings (SSSR count). The zero-order chi connectivity index (χ0) is 20.5. The van der Waals surface area contributed by atoms with Gasteiger partial charge in [0.25, 0.3) is 0 Å². The molecule has 0 aliphatic carbocycles. The van der Waals surface area contributed by atoms with E-state index < -0.39 is 0 Å². The number of rotatable bonds is 6. The predicted octanol–water partition coefficient (Wildman–Crippen LogP) is 2.38. The van der Waals surface area contributed by atoms with Crippen LogP contribution in [-0.2, 0) is 17.8 Å². The van der Waals surface area contributed by atoms with Crippen molar-refractivity contribution in [1.29, 1.82) is 0 Å². The van der Waals surface area contributed by atoms with E-state index in [1.807, 2.05) is 6.92 Å².